The van der Waals surface area contributed by atoms with Gasteiger partial charge in [-0.25, -0.2) is 17.5 Å². The molecule has 0 bridgehead atoms. The molecule has 130 valence electrons. The van der Waals surface area contributed by atoms with E-state index in [0.29, 0.717) is 11.3 Å². The van der Waals surface area contributed by atoms with E-state index in [0.717, 1.165) is 17.0 Å². The number of nitrogens with one attached hydrogen (secondary N) is 1. The van der Waals surface area contributed by atoms with Gasteiger partial charge in [-0.05, 0) is 42.8 Å². The molecule has 1 aromatic heterocycles. The van der Waals surface area contributed by atoms with Crippen molar-refractivity contribution in [3.63, 3.8) is 0 Å². The highest BCUT2D eigenvalue weighted by atomic mass is 32.2. The second-order valence-corrected chi connectivity index (χ2v) is 7.22. The summed E-state index contributed by atoms with van der Waals surface area (Å²) in [7, 11) is -3.72. The molecule has 0 unspecified atom stereocenters. The van der Waals surface area contributed by atoms with Crippen LogP contribution in [0.3, 0.4) is 0 Å². The van der Waals surface area contributed by atoms with Gasteiger partial charge in [-0.3, -0.25) is 4.98 Å². The Hall–Kier alpha value is -2.51. The number of hydrogen-bond acceptors (Lipinski definition) is 4. The highest BCUT2D eigenvalue weighted by Crippen LogP contribution is 2.22. The van der Waals surface area contributed by atoms with E-state index in [9.17, 15) is 12.8 Å². The largest absolute Gasteiger partial charge is 0.490 e. The maximum Gasteiger partial charge on any atom is 0.240 e. The van der Waals surface area contributed by atoms with Gasteiger partial charge in [0.1, 0.15) is 23.7 Å². The van der Waals surface area contributed by atoms with Crippen molar-refractivity contribution in [3.8, 4) is 5.75 Å². The maximum atomic E-state index is 13.1. The summed E-state index contributed by atoms with van der Waals surface area (Å²) in [5.41, 5.74) is 1.08. The van der Waals surface area contributed by atoms with Gasteiger partial charge in [-0.15, -0.1) is 0 Å². The highest BCUT2D eigenvalue weighted by molar-refractivity contribution is 7.89. The molecule has 0 aliphatic heterocycles. The third-order valence-electron chi connectivity index (χ3n) is 3.67. The first-order valence-corrected chi connectivity index (χ1v) is 9.18. The van der Waals surface area contributed by atoms with Crippen LogP contribution < -0.4 is 9.46 Å². The predicted molar refractivity (Wildman–Crippen MR) is 93.6 cm³/mol. The Balaban J connectivity index is 1.64. The van der Waals surface area contributed by atoms with E-state index in [1.165, 1.54) is 12.1 Å². The monoisotopic (exact) mass is 360 g/mol. The number of ether oxygens (including phenoxy) is 1. The van der Waals surface area contributed by atoms with E-state index in [-0.39, 0.29) is 18.0 Å². The Kier molecular flexibility index (Phi) is 4.96. The zero-order valence-corrected chi connectivity index (χ0v) is 14.4. The predicted octanol–water partition coefficient (Wildman–Crippen LogP) is 3.04. The fourth-order valence-corrected chi connectivity index (χ4v) is 3.76. The summed E-state index contributed by atoms with van der Waals surface area (Å²) in [6, 6.07) is 12.9. The minimum atomic E-state index is -3.72. The lowest BCUT2D eigenvalue weighted by Crippen LogP contribution is -2.28. The van der Waals surface area contributed by atoms with Crippen molar-refractivity contribution in [1.29, 1.82) is 0 Å². The van der Waals surface area contributed by atoms with Gasteiger partial charge >= 0.3 is 0 Å². The van der Waals surface area contributed by atoms with Crippen molar-refractivity contribution in [2.75, 3.05) is 13.2 Å². The Bertz CT molecular complexity index is 1000. The van der Waals surface area contributed by atoms with Gasteiger partial charge in [0.2, 0.25) is 10.0 Å². The zero-order valence-electron chi connectivity index (χ0n) is 13.6. The van der Waals surface area contributed by atoms with Gasteiger partial charge in [0.05, 0.1) is 4.90 Å². The number of nitrogens with zero attached hydrogens (tertiary/aromatic N) is 1. The number of para-hydroxylation sites is 1. The fourth-order valence-electron chi connectivity index (χ4n) is 2.52. The number of aryl methyl sites for hydroxylation is 1. The number of hydrogen-bond donors (Lipinski definition) is 1. The van der Waals surface area contributed by atoms with Gasteiger partial charge in [-0.1, -0.05) is 18.2 Å². The normalized spacial score (nSPS) is 11.6. The molecule has 0 radical (unpaired) electrons. The lowest BCUT2D eigenvalue weighted by Gasteiger charge is -2.11. The maximum absolute atomic E-state index is 13.1. The summed E-state index contributed by atoms with van der Waals surface area (Å²) < 4.78 is 45.8. The van der Waals surface area contributed by atoms with Crippen LogP contribution in [0.2, 0.25) is 0 Å². The van der Waals surface area contributed by atoms with Crippen molar-refractivity contribution in [2.45, 2.75) is 11.8 Å². The number of rotatable bonds is 6. The standard InChI is InChI=1S/C18H17FN2O3S/c1-13-12-15(19)7-8-17(13)25(22,23)21-10-11-24-16-6-2-4-14-5-3-9-20-18(14)16/h2-9,12,21H,10-11H2,1H3. The molecule has 1 N–H and O–H groups in total. The van der Waals surface area contributed by atoms with Crippen LogP contribution in [0.5, 0.6) is 5.75 Å². The number of aromatic nitrogens is 1. The van der Waals surface area contributed by atoms with Gasteiger partial charge in [-0.2, -0.15) is 0 Å². The molecule has 2 aromatic carbocycles. The van der Waals surface area contributed by atoms with Crippen molar-refractivity contribution in [1.82, 2.24) is 9.71 Å². The summed E-state index contributed by atoms with van der Waals surface area (Å²) in [4.78, 5) is 4.33. The number of pyridine rings is 1. The second-order valence-electron chi connectivity index (χ2n) is 5.49. The van der Waals surface area contributed by atoms with E-state index in [2.05, 4.69) is 9.71 Å². The average Bonchev–Trinajstić information content (AvgIpc) is 2.58. The van der Waals surface area contributed by atoms with Crippen LogP contribution in [0.15, 0.2) is 59.6 Å². The summed E-state index contributed by atoms with van der Waals surface area (Å²) in [6.45, 7) is 1.79. The van der Waals surface area contributed by atoms with Crippen molar-refractivity contribution >= 4 is 20.9 Å². The molecule has 3 aromatic rings. The molecule has 0 spiro atoms. The summed E-state index contributed by atoms with van der Waals surface area (Å²) in [6.07, 6.45) is 1.68. The molecule has 0 aliphatic rings. The third-order valence-corrected chi connectivity index (χ3v) is 5.30. The zero-order chi connectivity index (χ0) is 17.9. The minimum absolute atomic E-state index is 0.0562. The van der Waals surface area contributed by atoms with E-state index in [1.54, 1.807) is 19.2 Å². The van der Waals surface area contributed by atoms with Crippen LogP contribution in [0, 0.1) is 12.7 Å². The SMILES string of the molecule is Cc1cc(F)ccc1S(=O)(=O)NCCOc1cccc2cccnc12. The third kappa shape index (κ3) is 3.94. The first kappa shape index (κ1) is 17.3. The number of sulfonamides is 1. The molecule has 3 rings (SSSR count). The average molecular weight is 360 g/mol. The Morgan fingerprint density at radius 3 is 2.76 bits per heavy atom. The first-order chi connectivity index (χ1) is 12.0. The molecular formula is C18H17FN2O3S. The minimum Gasteiger partial charge on any atom is -0.490 e. The smallest absolute Gasteiger partial charge is 0.240 e. The Morgan fingerprint density at radius 2 is 1.96 bits per heavy atom. The van der Waals surface area contributed by atoms with Crippen molar-refractivity contribution in [3.05, 3.63) is 66.1 Å². The van der Waals surface area contributed by atoms with Crippen LogP contribution in [0.4, 0.5) is 4.39 Å². The van der Waals surface area contributed by atoms with Crippen LogP contribution in [0.1, 0.15) is 5.56 Å². The molecule has 0 fully saturated rings. The highest BCUT2D eigenvalue weighted by Gasteiger charge is 2.16. The van der Waals surface area contributed by atoms with Gasteiger partial charge < -0.3 is 4.74 Å². The molecule has 7 heteroatoms. The van der Waals surface area contributed by atoms with Crippen LogP contribution in [-0.4, -0.2) is 26.6 Å². The van der Waals surface area contributed by atoms with Crippen molar-refractivity contribution < 1.29 is 17.5 Å². The summed E-state index contributed by atoms with van der Waals surface area (Å²) in [5.74, 6) is 0.124. The molecule has 5 nitrogen and oxygen atoms in total. The summed E-state index contributed by atoms with van der Waals surface area (Å²) >= 11 is 0. The molecule has 1 heterocycles. The van der Waals surface area contributed by atoms with E-state index >= 15 is 0 Å². The number of benzene rings is 2. The quantitative estimate of drug-likeness (QED) is 0.686. The molecule has 0 saturated heterocycles. The Labute approximate surface area is 145 Å². The topological polar surface area (TPSA) is 68.3 Å². The lowest BCUT2D eigenvalue weighted by atomic mass is 10.2. The van der Waals surface area contributed by atoms with Gasteiger partial charge in [0.15, 0.2) is 0 Å². The van der Waals surface area contributed by atoms with Crippen LogP contribution in [0.25, 0.3) is 10.9 Å². The van der Waals surface area contributed by atoms with Gasteiger partial charge in [0.25, 0.3) is 0 Å². The number of halogens is 1. The molecule has 0 atom stereocenters. The van der Waals surface area contributed by atoms with Gasteiger partial charge in [0, 0.05) is 18.1 Å². The van der Waals surface area contributed by atoms with E-state index < -0.39 is 15.8 Å². The van der Waals surface area contributed by atoms with E-state index in [4.69, 9.17) is 4.74 Å². The molecule has 0 saturated carbocycles. The second kappa shape index (κ2) is 7.16. The summed E-state index contributed by atoms with van der Waals surface area (Å²) in [5, 5.41) is 0.947. The van der Waals surface area contributed by atoms with E-state index in [1.807, 2.05) is 24.3 Å². The first-order valence-electron chi connectivity index (χ1n) is 7.70. The lowest BCUT2D eigenvalue weighted by molar-refractivity contribution is 0.326. The van der Waals surface area contributed by atoms with Crippen molar-refractivity contribution in [2.24, 2.45) is 0 Å². The number of fused-ring (bicyclic) bond motifs is 1. The fraction of sp³-hybridized carbons (Fsp3) is 0.167. The molecule has 0 amide bonds. The Morgan fingerprint density at radius 1 is 1.16 bits per heavy atom. The molecular weight excluding hydrogens is 343 g/mol. The molecule has 0 aliphatic carbocycles. The van der Waals surface area contributed by atoms with Crippen LogP contribution >= 0.6 is 0 Å². The molecule has 25 heavy (non-hydrogen) atoms. The van der Waals surface area contributed by atoms with Crippen LogP contribution in [-0.2, 0) is 10.0 Å².